The first-order valence-corrected chi connectivity index (χ1v) is 6.77. The molecule has 0 aliphatic heterocycles. The molecule has 0 saturated carbocycles. The lowest BCUT2D eigenvalue weighted by molar-refractivity contribution is -0.121. The zero-order chi connectivity index (χ0) is 16.3. The van der Waals surface area contributed by atoms with Crippen LogP contribution in [0.15, 0.2) is 30.3 Å². The first-order chi connectivity index (χ1) is 10.5. The quantitative estimate of drug-likeness (QED) is 0.685. The smallest absolute Gasteiger partial charge is 0.245 e. The third kappa shape index (κ3) is 2.88. The van der Waals surface area contributed by atoms with Crippen molar-refractivity contribution in [3.8, 4) is 11.8 Å². The molecule has 0 radical (unpaired) electrons. The second kappa shape index (κ2) is 6.22. The van der Waals surface area contributed by atoms with Crippen LogP contribution in [0, 0.1) is 31.1 Å². The van der Waals surface area contributed by atoms with E-state index in [9.17, 15) is 9.59 Å². The lowest BCUT2D eigenvalue weighted by Crippen LogP contribution is -2.32. The molecule has 1 aromatic heterocycles. The van der Waals surface area contributed by atoms with Gasteiger partial charge in [-0.1, -0.05) is 17.7 Å². The predicted molar refractivity (Wildman–Crippen MR) is 80.5 cm³/mol. The van der Waals surface area contributed by atoms with Crippen LogP contribution in [0.3, 0.4) is 0 Å². The molecule has 22 heavy (non-hydrogen) atoms. The molecule has 1 heterocycles. The summed E-state index contributed by atoms with van der Waals surface area (Å²) in [5, 5.41) is 15.6. The van der Waals surface area contributed by atoms with Crippen molar-refractivity contribution in [2.75, 3.05) is 7.05 Å². The number of nitrogens with zero attached hydrogens (tertiary/aromatic N) is 3. The molecule has 0 spiro atoms. The van der Waals surface area contributed by atoms with E-state index in [4.69, 9.17) is 5.26 Å². The maximum Gasteiger partial charge on any atom is 0.245 e. The van der Waals surface area contributed by atoms with Gasteiger partial charge in [0.1, 0.15) is 5.69 Å². The first kappa shape index (κ1) is 15.4. The van der Waals surface area contributed by atoms with Gasteiger partial charge in [-0.2, -0.15) is 10.4 Å². The second-order valence-electron chi connectivity index (χ2n) is 4.96. The van der Waals surface area contributed by atoms with Crippen molar-refractivity contribution >= 4 is 11.7 Å². The highest BCUT2D eigenvalue weighted by Gasteiger charge is 2.29. The summed E-state index contributed by atoms with van der Waals surface area (Å²) in [7, 11) is 1.39. The monoisotopic (exact) mass is 296 g/mol. The van der Waals surface area contributed by atoms with E-state index in [0.717, 1.165) is 16.9 Å². The number of ketones is 1. The molecule has 0 aliphatic rings. The highest BCUT2D eigenvalue weighted by molar-refractivity contribution is 6.11. The van der Waals surface area contributed by atoms with E-state index in [1.165, 1.54) is 7.05 Å². The molecule has 1 N–H and O–H groups in total. The fourth-order valence-electron chi connectivity index (χ4n) is 2.07. The number of nitriles is 1. The number of nitrogens with one attached hydrogen (secondary N) is 1. The average molecular weight is 296 g/mol. The Labute approximate surface area is 128 Å². The molecule has 6 nitrogen and oxygen atoms in total. The number of rotatable bonds is 4. The summed E-state index contributed by atoms with van der Waals surface area (Å²) in [5.41, 5.74) is 2.79. The topological polar surface area (TPSA) is 87.8 Å². The molecular formula is C16H16N4O2. The minimum absolute atomic E-state index is 0.105. The summed E-state index contributed by atoms with van der Waals surface area (Å²) in [6, 6.07) is 11.0. The molecule has 112 valence electrons. The second-order valence-corrected chi connectivity index (χ2v) is 4.96. The van der Waals surface area contributed by atoms with Crippen LogP contribution < -0.4 is 5.32 Å². The molecule has 0 unspecified atom stereocenters. The van der Waals surface area contributed by atoms with Gasteiger partial charge in [-0.3, -0.25) is 9.59 Å². The van der Waals surface area contributed by atoms with Gasteiger partial charge in [-0.05, 0) is 32.0 Å². The number of carbonyl (C=O) groups is 2. The van der Waals surface area contributed by atoms with Gasteiger partial charge < -0.3 is 5.32 Å². The molecule has 0 fully saturated rings. The van der Waals surface area contributed by atoms with E-state index in [1.54, 1.807) is 16.8 Å². The number of hydrogen-bond donors (Lipinski definition) is 1. The number of amides is 1. The minimum Gasteiger partial charge on any atom is -0.358 e. The minimum atomic E-state index is -1.38. The largest absolute Gasteiger partial charge is 0.358 e. The summed E-state index contributed by atoms with van der Waals surface area (Å²) < 4.78 is 1.62. The van der Waals surface area contributed by atoms with Crippen molar-refractivity contribution < 1.29 is 9.59 Å². The standard InChI is InChI=1S/C16H16N4O2/c1-10-4-6-12(7-5-10)20-11(2)8-14(19-20)15(21)13(9-17)16(22)18-3/h4-8,13H,1-3H3,(H,18,22)/t13-/m1/s1. The molecule has 1 atom stereocenters. The fraction of sp³-hybridized carbons (Fsp3) is 0.250. The Morgan fingerprint density at radius 3 is 2.45 bits per heavy atom. The van der Waals surface area contributed by atoms with Crippen LogP contribution in [0.5, 0.6) is 0 Å². The van der Waals surface area contributed by atoms with E-state index >= 15 is 0 Å². The summed E-state index contributed by atoms with van der Waals surface area (Å²) in [5.74, 6) is -2.61. The number of Topliss-reactive ketones (excluding diaryl/α,β-unsaturated/α-hetero) is 1. The van der Waals surface area contributed by atoms with Crippen LogP contribution in [0.25, 0.3) is 5.69 Å². The van der Waals surface area contributed by atoms with Gasteiger partial charge >= 0.3 is 0 Å². The van der Waals surface area contributed by atoms with E-state index in [0.29, 0.717) is 0 Å². The fourth-order valence-corrected chi connectivity index (χ4v) is 2.07. The molecule has 6 heteroatoms. The van der Waals surface area contributed by atoms with Crippen LogP contribution in [0.4, 0.5) is 0 Å². The number of carbonyl (C=O) groups excluding carboxylic acids is 2. The Morgan fingerprint density at radius 1 is 1.27 bits per heavy atom. The molecular weight excluding hydrogens is 280 g/mol. The molecule has 1 aromatic carbocycles. The summed E-state index contributed by atoms with van der Waals surface area (Å²) >= 11 is 0. The Hall–Kier alpha value is -2.94. The Bertz CT molecular complexity index is 753. The van der Waals surface area contributed by atoms with Crippen LogP contribution in [0.1, 0.15) is 21.7 Å². The zero-order valence-electron chi connectivity index (χ0n) is 12.6. The lowest BCUT2D eigenvalue weighted by Gasteiger charge is -2.05. The van der Waals surface area contributed by atoms with Gasteiger partial charge in [0.2, 0.25) is 11.7 Å². The molecule has 0 bridgehead atoms. The van der Waals surface area contributed by atoms with E-state index < -0.39 is 17.6 Å². The Kier molecular flexibility index (Phi) is 4.37. The van der Waals surface area contributed by atoms with E-state index in [-0.39, 0.29) is 5.69 Å². The van der Waals surface area contributed by atoms with Gasteiger partial charge in [0.25, 0.3) is 0 Å². The predicted octanol–water partition coefficient (Wildman–Crippen LogP) is 1.56. The molecule has 1 amide bonds. The highest BCUT2D eigenvalue weighted by atomic mass is 16.2. The van der Waals surface area contributed by atoms with Crippen molar-refractivity contribution in [3.63, 3.8) is 0 Å². The van der Waals surface area contributed by atoms with E-state index in [2.05, 4.69) is 10.4 Å². The third-order valence-electron chi connectivity index (χ3n) is 3.32. The van der Waals surface area contributed by atoms with Crippen LogP contribution in [-0.2, 0) is 4.79 Å². The van der Waals surface area contributed by atoms with Crippen LogP contribution >= 0.6 is 0 Å². The molecule has 0 saturated heterocycles. The summed E-state index contributed by atoms with van der Waals surface area (Å²) in [6.07, 6.45) is 0. The Balaban J connectivity index is 2.37. The number of aromatic nitrogens is 2. The SMILES string of the molecule is CNC(=O)[C@H](C#N)C(=O)c1cc(C)n(-c2ccc(C)cc2)n1. The molecule has 2 rings (SSSR count). The van der Waals surface area contributed by atoms with Crippen molar-refractivity contribution in [1.82, 2.24) is 15.1 Å². The van der Waals surface area contributed by atoms with Crippen molar-refractivity contribution in [2.24, 2.45) is 5.92 Å². The van der Waals surface area contributed by atoms with Gasteiger partial charge in [0.15, 0.2) is 5.92 Å². The normalized spacial score (nSPS) is 11.5. The van der Waals surface area contributed by atoms with E-state index in [1.807, 2.05) is 38.1 Å². The van der Waals surface area contributed by atoms with Crippen LogP contribution in [-0.4, -0.2) is 28.5 Å². The average Bonchev–Trinajstić information content (AvgIpc) is 2.90. The summed E-state index contributed by atoms with van der Waals surface area (Å²) in [6.45, 7) is 3.79. The van der Waals surface area contributed by atoms with Gasteiger partial charge in [-0.15, -0.1) is 0 Å². The van der Waals surface area contributed by atoms with Crippen LogP contribution in [0.2, 0.25) is 0 Å². The molecule has 0 aliphatic carbocycles. The lowest BCUT2D eigenvalue weighted by atomic mass is 10.0. The Morgan fingerprint density at radius 2 is 1.91 bits per heavy atom. The molecule has 2 aromatic rings. The maximum absolute atomic E-state index is 12.3. The summed E-state index contributed by atoms with van der Waals surface area (Å²) in [4.78, 5) is 23.8. The highest BCUT2D eigenvalue weighted by Crippen LogP contribution is 2.15. The van der Waals surface area contributed by atoms with Gasteiger partial charge in [0.05, 0.1) is 11.8 Å². The van der Waals surface area contributed by atoms with Crippen molar-refractivity contribution in [3.05, 3.63) is 47.3 Å². The number of benzene rings is 1. The number of hydrogen-bond acceptors (Lipinski definition) is 4. The number of aryl methyl sites for hydroxylation is 2. The van der Waals surface area contributed by atoms with Crippen molar-refractivity contribution in [2.45, 2.75) is 13.8 Å². The maximum atomic E-state index is 12.3. The first-order valence-electron chi connectivity index (χ1n) is 6.77. The van der Waals surface area contributed by atoms with Crippen molar-refractivity contribution in [1.29, 1.82) is 5.26 Å². The third-order valence-corrected chi connectivity index (χ3v) is 3.32. The van der Waals surface area contributed by atoms with Gasteiger partial charge in [-0.25, -0.2) is 4.68 Å². The zero-order valence-corrected chi connectivity index (χ0v) is 12.6. The van der Waals surface area contributed by atoms with Gasteiger partial charge in [0, 0.05) is 12.7 Å².